The predicted molar refractivity (Wildman–Crippen MR) is 99.9 cm³/mol. The monoisotopic (exact) mass is 363 g/mol. The molecule has 1 spiro atoms. The highest BCUT2D eigenvalue weighted by atomic mass is 32.1. The lowest BCUT2D eigenvalue weighted by Gasteiger charge is -2.52. The van der Waals surface area contributed by atoms with Gasteiger partial charge in [0.15, 0.2) is 0 Å². The molecule has 25 heavy (non-hydrogen) atoms. The number of urea groups is 1. The maximum absolute atomic E-state index is 12.1. The van der Waals surface area contributed by atoms with Crippen molar-refractivity contribution in [2.24, 2.45) is 5.92 Å². The molecule has 1 atom stereocenters. The summed E-state index contributed by atoms with van der Waals surface area (Å²) in [5.74, 6) is 0.464. The maximum atomic E-state index is 12.1. The Hall–Kier alpha value is -1.11. The van der Waals surface area contributed by atoms with Crippen molar-refractivity contribution in [3.05, 3.63) is 21.9 Å². The van der Waals surface area contributed by atoms with Crippen LogP contribution >= 0.6 is 11.3 Å². The minimum atomic E-state index is 0.0851. The Balaban J connectivity index is 1.16. The summed E-state index contributed by atoms with van der Waals surface area (Å²) in [6.45, 7) is 8.69. The average Bonchev–Trinajstić information content (AvgIpc) is 3.24. The van der Waals surface area contributed by atoms with E-state index in [-0.39, 0.29) is 11.6 Å². The number of nitrogens with zero attached hydrogens (tertiary/aromatic N) is 2. The van der Waals surface area contributed by atoms with Crippen LogP contribution in [-0.2, 0) is 11.3 Å². The number of aryl methyl sites for hydroxylation is 1. The van der Waals surface area contributed by atoms with E-state index in [1.807, 2.05) is 16.2 Å². The second-order valence-electron chi connectivity index (χ2n) is 7.94. The predicted octanol–water partition coefficient (Wildman–Crippen LogP) is 2.84. The molecular formula is C19H29N3O2S. The summed E-state index contributed by atoms with van der Waals surface area (Å²) in [7, 11) is 0. The number of amides is 2. The summed E-state index contributed by atoms with van der Waals surface area (Å²) in [4.78, 5) is 19.3. The van der Waals surface area contributed by atoms with Crippen LogP contribution < -0.4 is 5.32 Å². The van der Waals surface area contributed by atoms with Gasteiger partial charge in [-0.3, -0.25) is 4.90 Å². The van der Waals surface area contributed by atoms with Crippen LogP contribution in [0.4, 0.5) is 4.79 Å². The molecule has 1 aromatic heterocycles. The van der Waals surface area contributed by atoms with Crippen molar-refractivity contribution in [1.29, 1.82) is 0 Å². The number of carbonyl (C=O) groups is 1. The minimum Gasteiger partial charge on any atom is -0.372 e. The van der Waals surface area contributed by atoms with Gasteiger partial charge in [-0.25, -0.2) is 4.79 Å². The molecule has 6 heteroatoms. The molecule has 3 fully saturated rings. The Morgan fingerprint density at radius 3 is 2.80 bits per heavy atom. The van der Waals surface area contributed by atoms with Gasteiger partial charge in [-0.2, -0.15) is 0 Å². The molecule has 138 valence electrons. The highest BCUT2D eigenvalue weighted by Crippen LogP contribution is 2.37. The Bertz CT molecular complexity index is 596. The molecule has 3 aliphatic heterocycles. The van der Waals surface area contributed by atoms with Crippen molar-refractivity contribution in [3.63, 3.8) is 0 Å². The van der Waals surface area contributed by atoms with Crippen molar-refractivity contribution in [2.75, 3.05) is 39.3 Å². The lowest BCUT2D eigenvalue weighted by Crippen LogP contribution is -2.64. The van der Waals surface area contributed by atoms with Crippen molar-refractivity contribution in [2.45, 2.75) is 44.8 Å². The number of thiophene rings is 1. The highest BCUT2D eigenvalue weighted by Gasteiger charge is 2.46. The summed E-state index contributed by atoms with van der Waals surface area (Å²) < 4.78 is 6.24. The first-order valence-corrected chi connectivity index (χ1v) is 10.4. The Morgan fingerprint density at radius 2 is 2.16 bits per heavy atom. The molecule has 5 nitrogen and oxygen atoms in total. The highest BCUT2D eigenvalue weighted by molar-refractivity contribution is 7.11. The van der Waals surface area contributed by atoms with Crippen molar-refractivity contribution >= 4 is 17.4 Å². The largest absolute Gasteiger partial charge is 0.372 e. The summed E-state index contributed by atoms with van der Waals surface area (Å²) in [5, 5.41) is 3.10. The van der Waals surface area contributed by atoms with Crippen LogP contribution in [0.2, 0.25) is 0 Å². The second kappa shape index (κ2) is 7.25. The molecule has 3 saturated heterocycles. The van der Waals surface area contributed by atoms with Crippen LogP contribution in [0.15, 0.2) is 12.1 Å². The average molecular weight is 364 g/mol. The van der Waals surface area contributed by atoms with E-state index in [1.165, 1.54) is 9.75 Å². The van der Waals surface area contributed by atoms with Crippen molar-refractivity contribution in [3.8, 4) is 0 Å². The summed E-state index contributed by atoms with van der Waals surface area (Å²) in [5.41, 5.74) is 0.0851. The van der Waals surface area contributed by atoms with Crippen LogP contribution in [0, 0.1) is 12.8 Å². The van der Waals surface area contributed by atoms with E-state index in [4.69, 9.17) is 4.74 Å². The Labute approximate surface area is 154 Å². The van der Waals surface area contributed by atoms with Gasteiger partial charge in [-0.15, -0.1) is 11.3 Å². The van der Waals surface area contributed by atoms with Gasteiger partial charge >= 0.3 is 6.03 Å². The number of hydrogen-bond donors (Lipinski definition) is 1. The first-order chi connectivity index (χ1) is 12.1. The Kier molecular flexibility index (Phi) is 5.02. The summed E-state index contributed by atoms with van der Waals surface area (Å²) >= 11 is 1.89. The van der Waals surface area contributed by atoms with Crippen LogP contribution in [0.1, 0.15) is 35.4 Å². The molecule has 0 aromatic carbocycles. The lowest BCUT2D eigenvalue weighted by atomic mass is 9.83. The third-order valence-corrected chi connectivity index (χ3v) is 6.75. The summed E-state index contributed by atoms with van der Waals surface area (Å²) in [6, 6.07) is 4.55. The van der Waals surface area contributed by atoms with E-state index in [0.717, 1.165) is 71.6 Å². The molecule has 2 amide bonds. The zero-order valence-corrected chi connectivity index (χ0v) is 15.9. The third-order valence-electron chi connectivity index (χ3n) is 5.77. The quantitative estimate of drug-likeness (QED) is 0.895. The standard InChI is InChI=1S/C19H29N3O2S/c1-15-4-5-17(25-15)11-21-13-19(14-21)7-6-16(12-24-19)10-20-18(23)22-8-2-3-9-22/h4-5,16H,2-3,6-14H2,1H3,(H,20,23)/t16-/m0/s1. The van der Waals surface area contributed by atoms with Crippen LogP contribution in [-0.4, -0.2) is 60.8 Å². The molecule has 1 aromatic rings. The number of nitrogens with one attached hydrogen (secondary N) is 1. The first-order valence-electron chi connectivity index (χ1n) is 9.56. The maximum Gasteiger partial charge on any atom is 0.317 e. The van der Waals surface area contributed by atoms with E-state index < -0.39 is 0 Å². The fourth-order valence-electron chi connectivity index (χ4n) is 4.26. The third kappa shape index (κ3) is 4.01. The molecule has 0 aliphatic carbocycles. The number of ether oxygens (including phenoxy) is 1. The first kappa shape index (κ1) is 17.3. The SMILES string of the molecule is Cc1ccc(CN2CC3(CC[C@@H](CNC(=O)N4CCCC4)CO3)C2)s1. The van der Waals surface area contributed by atoms with E-state index >= 15 is 0 Å². The number of hydrogen-bond acceptors (Lipinski definition) is 4. The molecule has 4 rings (SSSR count). The topological polar surface area (TPSA) is 44.8 Å². The fourth-order valence-corrected chi connectivity index (χ4v) is 5.20. The molecule has 1 N–H and O–H groups in total. The molecule has 0 unspecified atom stereocenters. The van der Waals surface area contributed by atoms with Gasteiger partial charge in [0.2, 0.25) is 0 Å². The number of likely N-dealkylation sites (tertiary alicyclic amines) is 2. The van der Waals surface area contributed by atoms with Gasteiger partial charge in [0.05, 0.1) is 12.2 Å². The van der Waals surface area contributed by atoms with Crippen molar-refractivity contribution < 1.29 is 9.53 Å². The van der Waals surface area contributed by atoms with Crippen LogP contribution in [0.5, 0.6) is 0 Å². The van der Waals surface area contributed by atoms with E-state index in [0.29, 0.717) is 5.92 Å². The zero-order chi connectivity index (χ0) is 17.3. The lowest BCUT2D eigenvalue weighted by molar-refractivity contribution is -0.181. The molecule has 0 radical (unpaired) electrons. The number of rotatable bonds is 4. The van der Waals surface area contributed by atoms with Gasteiger partial charge in [-0.1, -0.05) is 0 Å². The van der Waals surface area contributed by atoms with E-state index in [2.05, 4.69) is 29.3 Å². The zero-order valence-electron chi connectivity index (χ0n) is 15.1. The van der Waals surface area contributed by atoms with E-state index in [9.17, 15) is 4.79 Å². The normalized spacial score (nSPS) is 26.0. The molecule has 0 bridgehead atoms. The molecule has 4 heterocycles. The van der Waals surface area contributed by atoms with Crippen LogP contribution in [0.3, 0.4) is 0 Å². The second-order valence-corrected chi connectivity index (χ2v) is 9.31. The summed E-state index contributed by atoms with van der Waals surface area (Å²) in [6.07, 6.45) is 4.57. The molecular weight excluding hydrogens is 334 g/mol. The Morgan fingerprint density at radius 1 is 1.36 bits per heavy atom. The van der Waals surface area contributed by atoms with E-state index in [1.54, 1.807) is 0 Å². The van der Waals surface area contributed by atoms with Gasteiger partial charge in [0, 0.05) is 49.0 Å². The minimum absolute atomic E-state index is 0.0851. The van der Waals surface area contributed by atoms with Gasteiger partial charge in [0.25, 0.3) is 0 Å². The van der Waals surface area contributed by atoms with Gasteiger partial charge in [-0.05, 0) is 50.7 Å². The van der Waals surface area contributed by atoms with Gasteiger partial charge in [0.1, 0.15) is 0 Å². The fraction of sp³-hybridized carbons (Fsp3) is 0.737. The molecule has 3 aliphatic rings. The van der Waals surface area contributed by atoms with Crippen LogP contribution in [0.25, 0.3) is 0 Å². The smallest absolute Gasteiger partial charge is 0.317 e. The van der Waals surface area contributed by atoms with Gasteiger partial charge < -0.3 is 15.0 Å². The van der Waals surface area contributed by atoms with Crippen molar-refractivity contribution in [1.82, 2.24) is 15.1 Å². The number of carbonyl (C=O) groups excluding carboxylic acids is 1. The molecule has 0 saturated carbocycles.